The molecule has 0 unspecified atom stereocenters. The number of methoxy groups -OCH3 is 1. The first-order chi connectivity index (χ1) is 6.85. The zero-order valence-electron chi connectivity index (χ0n) is 7.73. The lowest BCUT2D eigenvalue weighted by molar-refractivity contribution is 0.130. The monoisotopic (exact) mass is 187 g/mol. The number of benzene rings is 1. The molecule has 3 heteroatoms. The standard InChI is InChI=1S/C11H9NO2/c1-13-11(7-12)10-6-8-4-2-3-5-9(8)14-10/h2-6,11H,1H3/t11-/m1/s1. The molecule has 1 heterocycles. The summed E-state index contributed by atoms with van der Waals surface area (Å²) >= 11 is 0. The number of fused-ring (bicyclic) bond motifs is 1. The Hall–Kier alpha value is -1.79. The van der Waals surface area contributed by atoms with E-state index in [2.05, 4.69) is 0 Å². The third-order valence-electron chi connectivity index (χ3n) is 2.06. The van der Waals surface area contributed by atoms with Crippen molar-refractivity contribution in [2.24, 2.45) is 0 Å². The number of nitriles is 1. The van der Waals surface area contributed by atoms with Gasteiger partial charge < -0.3 is 9.15 Å². The molecule has 0 saturated heterocycles. The van der Waals surface area contributed by atoms with Crippen LogP contribution in [-0.4, -0.2) is 7.11 Å². The highest BCUT2D eigenvalue weighted by atomic mass is 16.5. The van der Waals surface area contributed by atoms with Crippen LogP contribution in [0.15, 0.2) is 34.7 Å². The van der Waals surface area contributed by atoms with Crippen molar-refractivity contribution in [1.82, 2.24) is 0 Å². The molecule has 0 radical (unpaired) electrons. The second-order valence-electron chi connectivity index (χ2n) is 2.93. The predicted molar refractivity (Wildman–Crippen MR) is 51.6 cm³/mol. The second-order valence-corrected chi connectivity index (χ2v) is 2.93. The highest BCUT2D eigenvalue weighted by Gasteiger charge is 2.13. The summed E-state index contributed by atoms with van der Waals surface area (Å²) in [7, 11) is 1.49. The number of para-hydroxylation sites is 1. The molecule has 0 bridgehead atoms. The zero-order valence-corrected chi connectivity index (χ0v) is 7.73. The van der Waals surface area contributed by atoms with Gasteiger partial charge in [-0.2, -0.15) is 5.26 Å². The van der Waals surface area contributed by atoms with Gasteiger partial charge in [-0.25, -0.2) is 0 Å². The lowest BCUT2D eigenvalue weighted by Crippen LogP contribution is -1.94. The average molecular weight is 187 g/mol. The van der Waals surface area contributed by atoms with Gasteiger partial charge in [0.05, 0.1) is 0 Å². The van der Waals surface area contributed by atoms with Crippen LogP contribution >= 0.6 is 0 Å². The number of furan rings is 1. The number of hydrogen-bond donors (Lipinski definition) is 0. The minimum Gasteiger partial charge on any atom is -0.457 e. The summed E-state index contributed by atoms with van der Waals surface area (Å²) in [5.74, 6) is 0.552. The normalized spacial score (nSPS) is 12.6. The summed E-state index contributed by atoms with van der Waals surface area (Å²) in [5.41, 5.74) is 0.778. The van der Waals surface area contributed by atoms with E-state index in [0.717, 1.165) is 11.0 Å². The van der Waals surface area contributed by atoms with Gasteiger partial charge in [0, 0.05) is 12.5 Å². The van der Waals surface area contributed by atoms with E-state index in [4.69, 9.17) is 14.4 Å². The summed E-state index contributed by atoms with van der Waals surface area (Å²) < 4.78 is 10.4. The zero-order chi connectivity index (χ0) is 9.97. The van der Waals surface area contributed by atoms with Crippen molar-refractivity contribution >= 4 is 11.0 Å². The molecule has 0 N–H and O–H groups in total. The highest BCUT2D eigenvalue weighted by molar-refractivity contribution is 5.77. The van der Waals surface area contributed by atoms with Gasteiger partial charge in [0.15, 0.2) is 0 Å². The minimum absolute atomic E-state index is 0.552. The third kappa shape index (κ3) is 1.36. The molecule has 0 aliphatic rings. The molecule has 0 amide bonds. The van der Waals surface area contributed by atoms with Crippen LogP contribution in [0.5, 0.6) is 0 Å². The van der Waals surface area contributed by atoms with E-state index >= 15 is 0 Å². The predicted octanol–water partition coefficient (Wildman–Crippen LogP) is 2.64. The van der Waals surface area contributed by atoms with Gasteiger partial charge in [-0.3, -0.25) is 0 Å². The van der Waals surface area contributed by atoms with Crippen LogP contribution < -0.4 is 0 Å². The van der Waals surface area contributed by atoms with E-state index in [9.17, 15) is 0 Å². The van der Waals surface area contributed by atoms with Crippen LogP contribution in [0.25, 0.3) is 11.0 Å². The molecular formula is C11H9NO2. The van der Waals surface area contributed by atoms with Crippen molar-refractivity contribution < 1.29 is 9.15 Å². The SMILES string of the molecule is CO[C@H](C#N)c1cc2ccccc2o1. The van der Waals surface area contributed by atoms with Gasteiger partial charge in [0.2, 0.25) is 6.10 Å². The van der Waals surface area contributed by atoms with Gasteiger partial charge in [0.1, 0.15) is 17.4 Å². The molecule has 70 valence electrons. The first-order valence-corrected chi connectivity index (χ1v) is 4.26. The molecule has 1 atom stereocenters. The summed E-state index contributed by atoms with van der Waals surface area (Å²) in [6, 6.07) is 11.5. The summed E-state index contributed by atoms with van der Waals surface area (Å²) in [5, 5.41) is 9.76. The van der Waals surface area contributed by atoms with Crippen LogP contribution in [-0.2, 0) is 4.74 Å². The molecule has 0 saturated carbocycles. The third-order valence-corrected chi connectivity index (χ3v) is 2.06. The average Bonchev–Trinajstić information content (AvgIpc) is 2.63. The van der Waals surface area contributed by atoms with Crippen molar-refractivity contribution in [3.63, 3.8) is 0 Å². The smallest absolute Gasteiger partial charge is 0.201 e. The summed E-state index contributed by atoms with van der Waals surface area (Å²) in [6.45, 7) is 0. The molecule has 0 aliphatic carbocycles. The van der Waals surface area contributed by atoms with Gasteiger partial charge >= 0.3 is 0 Å². The Morgan fingerprint density at radius 1 is 1.43 bits per heavy atom. The number of hydrogen-bond acceptors (Lipinski definition) is 3. The van der Waals surface area contributed by atoms with Crippen LogP contribution in [0, 0.1) is 11.3 Å². The second kappa shape index (κ2) is 3.52. The Labute approximate surface area is 81.5 Å². The molecule has 2 rings (SSSR count). The largest absolute Gasteiger partial charge is 0.457 e. The van der Waals surface area contributed by atoms with Crippen LogP contribution in [0.2, 0.25) is 0 Å². The summed E-state index contributed by atoms with van der Waals surface area (Å²) in [6.07, 6.45) is -0.623. The molecule has 0 aliphatic heterocycles. The lowest BCUT2D eigenvalue weighted by Gasteiger charge is -2.00. The van der Waals surface area contributed by atoms with Gasteiger partial charge in [-0.1, -0.05) is 18.2 Å². The maximum Gasteiger partial charge on any atom is 0.201 e. The molecule has 1 aromatic carbocycles. The first kappa shape index (κ1) is 8.79. The van der Waals surface area contributed by atoms with Crippen LogP contribution in [0.4, 0.5) is 0 Å². The molecular weight excluding hydrogens is 178 g/mol. The lowest BCUT2D eigenvalue weighted by atomic mass is 10.2. The van der Waals surface area contributed by atoms with Crippen molar-refractivity contribution in [1.29, 1.82) is 5.26 Å². The molecule has 3 nitrogen and oxygen atoms in total. The number of nitrogens with zero attached hydrogens (tertiary/aromatic N) is 1. The van der Waals surface area contributed by atoms with Crippen molar-refractivity contribution in [3.8, 4) is 6.07 Å². The molecule has 2 aromatic rings. The van der Waals surface area contributed by atoms with Gasteiger partial charge in [-0.15, -0.1) is 0 Å². The van der Waals surface area contributed by atoms with Crippen LogP contribution in [0.3, 0.4) is 0 Å². The van der Waals surface area contributed by atoms with Gasteiger partial charge in [0.25, 0.3) is 0 Å². The van der Waals surface area contributed by atoms with Crippen molar-refractivity contribution in [2.45, 2.75) is 6.10 Å². The minimum atomic E-state index is -0.623. The fourth-order valence-corrected chi connectivity index (χ4v) is 1.36. The number of rotatable bonds is 2. The Bertz CT molecular complexity index is 448. The van der Waals surface area contributed by atoms with E-state index in [1.165, 1.54) is 7.11 Å². The maximum absolute atomic E-state index is 8.77. The van der Waals surface area contributed by atoms with Crippen LogP contribution in [0.1, 0.15) is 11.9 Å². The molecule has 0 fully saturated rings. The fourth-order valence-electron chi connectivity index (χ4n) is 1.36. The molecule has 1 aromatic heterocycles. The highest BCUT2D eigenvalue weighted by Crippen LogP contribution is 2.24. The maximum atomic E-state index is 8.77. The van der Waals surface area contributed by atoms with Gasteiger partial charge in [-0.05, 0) is 12.1 Å². The van der Waals surface area contributed by atoms with Crippen molar-refractivity contribution in [2.75, 3.05) is 7.11 Å². The van der Waals surface area contributed by atoms with Crippen molar-refractivity contribution in [3.05, 3.63) is 36.1 Å². The Kier molecular flexibility index (Phi) is 2.21. The van der Waals surface area contributed by atoms with E-state index < -0.39 is 6.10 Å². The first-order valence-electron chi connectivity index (χ1n) is 4.26. The molecule has 0 spiro atoms. The fraction of sp³-hybridized carbons (Fsp3) is 0.182. The molecule has 14 heavy (non-hydrogen) atoms. The topological polar surface area (TPSA) is 46.2 Å². The Morgan fingerprint density at radius 2 is 2.21 bits per heavy atom. The summed E-state index contributed by atoms with van der Waals surface area (Å²) in [4.78, 5) is 0. The van der Waals surface area contributed by atoms with E-state index in [1.54, 1.807) is 0 Å². The Morgan fingerprint density at radius 3 is 2.86 bits per heavy atom. The van der Waals surface area contributed by atoms with E-state index in [-0.39, 0.29) is 0 Å². The Balaban J connectivity index is 2.50. The number of ether oxygens (including phenoxy) is 1. The van der Waals surface area contributed by atoms with E-state index in [1.807, 2.05) is 36.4 Å². The quantitative estimate of drug-likeness (QED) is 0.726. The van der Waals surface area contributed by atoms with E-state index in [0.29, 0.717) is 5.76 Å².